The third kappa shape index (κ3) is 3.72. The van der Waals surface area contributed by atoms with Gasteiger partial charge in [0.05, 0.1) is 12.5 Å². The molecule has 1 unspecified atom stereocenters. The van der Waals surface area contributed by atoms with Crippen molar-refractivity contribution in [1.82, 2.24) is 19.6 Å². The minimum Gasteiger partial charge on any atom is -0.369 e. The van der Waals surface area contributed by atoms with Crippen molar-refractivity contribution in [3.05, 3.63) is 53.1 Å². The van der Waals surface area contributed by atoms with Gasteiger partial charge in [-0.05, 0) is 18.9 Å². The molecule has 0 bridgehead atoms. The number of carbonyl (C=O) groups is 3. The molecule has 1 aromatic carbocycles. The lowest BCUT2D eigenvalue weighted by atomic mass is 9.97. The van der Waals surface area contributed by atoms with E-state index in [9.17, 15) is 18.8 Å². The maximum atomic E-state index is 13.9. The van der Waals surface area contributed by atoms with Crippen LogP contribution in [0.15, 0.2) is 30.3 Å². The molecule has 3 amide bonds. The zero-order chi connectivity index (χ0) is 20.5. The standard InChI is InChI=1S/C20H22FN5O3/c21-15-6-2-1-4-13(15)11-25-8-9-26-17(20(25)29)10-16(23-26)19(28)24-7-3-5-14(12-24)18(22)27/h1-2,4,6,10,14H,3,5,7-9,11-12H2,(H2,22,27). The number of likely N-dealkylation sites (tertiary alicyclic amines) is 1. The highest BCUT2D eigenvalue weighted by Crippen LogP contribution is 2.21. The molecule has 1 fully saturated rings. The lowest BCUT2D eigenvalue weighted by Crippen LogP contribution is -2.44. The zero-order valence-corrected chi connectivity index (χ0v) is 15.9. The van der Waals surface area contributed by atoms with Crippen LogP contribution in [0.1, 0.15) is 39.4 Å². The first-order valence-corrected chi connectivity index (χ1v) is 9.63. The van der Waals surface area contributed by atoms with Crippen molar-refractivity contribution in [2.24, 2.45) is 11.7 Å². The lowest BCUT2D eigenvalue weighted by Gasteiger charge is -2.30. The molecule has 29 heavy (non-hydrogen) atoms. The van der Waals surface area contributed by atoms with Crippen LogP contribution in [0.4, 0.5) is 4.39 Å². The van der Waals surface area contributed by atoms with E-state index in [4.69, 9.17) is 5.73 Å². The summed E-state index contributed by atoms with van der Waals surface area (Å²) in [4.78, 5) is 40.2. The van der Waals surface area contributed by atoms with Crippen molar-refractivity contribution in [1.29, 1.82) is 0 Å². The van der Waals surface area contributed by atoms with Crippen LogP contribution in [0.25, 0.3) is 0 Å². The summed E-state index contributed by atoms with van der Waals surface area (Å²) >= 11 is 0. The van der Waals surface area contributed by atoms with Crippen LogP contribution < -0.4 is 5.73 Å². The molecular weight excluding hydrogens is 377 g/mol. The number of hydrogen-bond acceptors (Lipinski definition) is 4. The second kappa shape index (κ2) is 7.65. The second-order valence-electron chi connectivity index (χ2n) is 7.45. The summed E-state index contributed by atoms with van der Waals surface area (Å²) in [5, 5.41) is 4.29. The quantitative estimate of drug-likeness (QED) is 0.829. The van der Waals surface area contributed by atoms with Gasteiger partial charge in [0.25, 0.3) is 11.8 Å². The van der Waals surface area contributed by atoms with Gasteiger partial charge in [-0.25, -0.2) is 4.39 Å². The number of benzene rings is 1. The van der Waals surface area contributed by atoms with Gasteiger partial charge < -0.3 is 15.5 Å². The summed E-state index contributed by atoms with van der Waals surface area (Å²) in [5.74, 6) is -1.73. The maximum Gasteiger partial charge on any atom is 0.274 e. The van der Waals surface area contributed by atoms with Crippen molar-refractivity contribution < 1.29 is 18.8 Å². The Bertz CT molecular complexity index is 973. The topological polar surface area (TPSA) is 102 Å². The number of nitrogens with zero attached hydrogens (tertiary/aromatic N) is 4. The number of rotatable bonds is 4. The van der Waals surface area contributed by atoms with Crippen LogP contribution in [0.5, 0.6) is 0 Å². The predicted molar refractivity (Wildman–Crippen MR) is 101 cm³/mol. The molecule has 0 aliphatic carbocycles. The Morgan fingerprint density at radius 2 is 2.00 bits per heavy atom. The van der Waals surface area contributed by atoms with Gasteiger partial charge in [0.2, 0.25) is 5.91 Å². The maximum absolute atomic E-state index is 13.9. The molecule has 8 nitrogen and oxygen atoms in total. The Balaban J connectivity index is 1.50. The van der Waals surface area contributed by atoms with E-state index in [1.165, 1.54) is 16.8 Å². The van der Waals surface area contributed by atoms with Gasteiger partial charge in [-0.3, -0.25) is 19.1 Å². The molecule has 4 rings (SSSR count). The van der Waals surface area contributed by atoms with E-state index in [1.54, 1.807) is 28.0 Å². The van der Waals surface area contributed by atoms with Gasteiger partial charge in [-0.1, -0.05) is 18.2 Å². The SMILES string of the molecule is NC(=O)C1CCCN(C(=O)c2cc3n(n2)CCN(Cc2ccccc2F)C3=O)C1. The highest BCUT2D eigenvalue weighted by Gasteiger charge is 2.32. The lowest BCUT2D eigenvalue weighted by molar-refractivity contribution is -0.123. The smallest absolute Gasteiger partial charge is 0.274 e. The van der Waals surface area contributed by atoms with Gasteiger partial charge in [0.1, 0.15) is 11.5 Å². The first-order valence-electron chi connectivity index (χ1n) is 9.63. The molecule has 0 spiro atoms. The average Bonchev–Trinajstić information content (AvgIpc) is 3.16. The third-order valence-corrected chi connectivity index (χ3v) is 5.52. The van der Waals surface area contributed by atoms with Crippen LogP contribution in [-0.2, 0) is 17.9 Å². The van der Waals surface area contributed by atoms with E-state index in [1.807, 2.05) is 0 Å². The van der Waals surface area contributed by atoms with Gasteiger partial charge in [-0.15, -0.1) is 0 Å². The van der Waals surface area contributed by atoms with Gasteiger partial charge in [-0.2, -0.15) is 5.10 Å². The van der Waals surface area contributed by atoms with Crippen molar-refractivity contribution in [3.8, 4) is 0 Å². The van der Waals surface area contributed by atoms with Crippen LogP contribution in [0.2, 0.25) is 0 Å². The Morgan fingerprint density at radius 3 is 2.76 bits per heavy atom. The van der Waals surface area contributed by atoms with E-state index >= 15 is 0 Å². The number of carbonyl (C=O) groups excluding carboxylic acids is 3. The van der Waals surface area contributed by atoms with Gasteiger partial charge in [0.15, 0.2) is 5.69 Å². The molecule has 1 atom stereocenters. The van der Waals surface area contributed by atoms with E-state index in [2.05, 4.69) is 5.10 Å². The number of aromatic nitrogens is 2. The fraction of sp³-hybridized carbons (Fsp3) is 0.400. The van der Waals surface area contributed by atoms with Crippen molar-refractivity contribution in [2.45, 2.75) is 25.9 Å². The molecule has 1 saturated heterocycles. The number of halogens is 1. The van der Waals surface area contributed by atoms with E-state index in [-0.39, 0.29) is 42.3 Å². The Hall–Kier alpha value is -3.23. The Labute approximate surface area is 167 Å². The first-order chi connectivity index (χ1) is 13.9. The summed E-state index contributed by atoms with van der Waals surface area (Å²) < 4.78 is 15.5. The summed E-state index contributed by atoms with van der Waals surface area (Å²) in [6.07, 6.45) is 1.37. The minimum absolute atomic E-state index is 0.159. The summed E-state index contributed by atoms with van der Waals surface area (Å²) in [5.41, 5.74) is 6.30. The molecule has 9 heteroatoms. The second-order valence-corrected chi connectivity index (χ2v) is 7.45. The molecule has 152 valence electrons. The number of fused-ring (bicyclic) bond motifs is 1. The zero-order valence-electron chi connectivity index (χ0n) is 15.9. The number of amides is 3. The van der Waals surface area contributed by atoms with Crippen molar-refractivity contribution in [3.63, 3.8) is 0 Å². The van der Waals surface area contributed by atoms with E-state index in [0.29, 0.717) is 43.7 Å². The largest absolute Gasteiger partial charge is 0.369 e. The highest BCUT2D eigenvalue weighted by atomic mass is 19.1. The van der Waals surface area contributed by atoms with E-state index in [0.717, 1.165) is 0 Å². The van der Waals surface area contributed by atoms with Crippen LogP contribution in [0.3, 0.4) is 0 Å². The number of hydrogen-bond donors (Lipinski definition) is 1. The van der Waals surface area contributed by atoms with Crippen LogP contribution in [0, 0.1) is 11.7 Å². The average molecular weight is 399 g/mol. The van der Waals surface area contributed by atoms with Crippen molar-refractivity contribution >= 4 is 17.7 Å². The molecule has 2 N–H and O–H groups in total. The summed E-state index contributed by atoms with van der Waals surface area (Å²) in [6.45, 7) is 1.75. The molecule has 2 aliphatic rings. The molecule has 3 heterocycles. The molecule has 0 saturated carbocycles. The van der Waals surface area contributed by atoms with Crippen molar-refractivity contribution in [2.75, 3.05) is 19.6 Å². The summed E-state index contributed by atoms with van der Waals surface area (Å²) in [7, 11) is 0. The third-order valence-electron chi connectivity index (χ3n) is 5.52. The van der Waals surface area contributed by atoms with Crippen LogP contribution >= 0.6 is 0 Å². The predicted octanol–water partition coefficient (Wildman–Crippen LogP) is 1.02. The van der Waals surface area contributed by atoms with Gasteiger partial charge >= 0.3 is 0 Å². The Kier molecular flexibility index (Phi) is 5.04. The minimum atomic E-state index is -0.411. The first kappa shape index (κ1) is 19.1. The molecular formula is C20H22FN5O3. The molecule has 0 radical (unpaired) electrons. The Morgan fingerprint density at radius 1 is 1.21 bits per heavy atom. The molecule has 2 aliphatic heterocycles. The fourth-order valence-electron chi connectivity index (χ4n) is 3.88. The monoisotopic (exact) mass is 399 g/mol. The molecule has 2 aromatic rings. The highest BCUT2D eigenvalue weighted by molar-refractivity contribution is 5.98. The van der Waals surface area contributed by atoms with Crippen LogP contribution in [-0.4, -0.2) is 56.9 Å². The molecule has 1 aromatic heterocycles. The summed E-state index contributed by atoms with van der Waals surface area (Å²) in [6, 6.07) is 7.82. The normalized spacial score (nSPS) is 19.2. The van der Waals surface area contributed by atoms with E-state index < -0.39 is 5.91 Å². The number of nitrogens with two attached hydrogens (primary N) is 1. The number of piperidine rings is 1. The fourth-order valence-corrected chi connectivity index (χ4v) is 3.88. The van der Waals surface area contributed by atoms with Gasteiger partial charge in [0, 0.05) is 37.8 Å². The number of primary amides is 1.